The van der Waals surface area contributed by atoms with E-state index < -0.39 is 19.5 Å². The van der Waals surface area contributed by atoms with E-state index in [9.17, 15) is 9.59 Å². The molecule has 0 radical (unpaired) electrons. The molecule has 5 rings (SSSR count). The van der Waals surface area contributed by atoms with Crippen LogP contribution in [-0.4, -0.2) is 11.6 Å². The van der Waals surface area contributed by atoms with E-state index in [1.807, 2.05) is 12.1 Å². The topological polar surface area (TPSA) is 34.1 Å². The van der Waals surface area contributed by atoms with E-state index >= 15 is 0 Å². The van der Waals surface area contributed by atoms with Crippen LogP contribution < -0.4 is 15.9 Å². The maximum Gasteiger partial charge on any atom is 0.233 e. The summed E-state index contributed by atoms with van der Waals surface area (Å²) in [5.41, 5.74) is 0.854. The van der Waals surface area contributed by atoms with E-state index in [-0.39, 0.29) is 12.4 Å². The van der Waals surface area contributed by atoms with E-state index in [2.05, 4.69) is 91.0 Å². The van der Waals surface area contributed by atoms with Crippen LogP contribution in [0.2, 0.25) is 0 Å². The first-order valence-corrected chi connectivity index (χ1v) is 12.7. The average molecular weight is 509 g/mol. The normalized spacial score (nSPS) is 9.92. The SMILES string of the molecule is Cl.O=C(C(=O)c1ccccc1)c1ccccc1.c1ccc(P(c2ccccc2)c2ccccc2)cc1. The monoisotopic (exact) mass is 508 g/mol. The minimum atomic E-state index is -0.466. The molecule has 0 N–H and O–H groups in total. The number of halogens is 1. The van der Waals surface area contributed by atoms with Crippen LogP contribution in [0.15, 0.2) is 152 Å². The highest BCUT2D eigenvalue weighted by Crippen LogP contribution is 2.32. The van der Waals surface area contributed by atoms with Crippen LogP contribution in [0.25, 0.3) is 0 Å². The minimum Gasteiger partial charge on any atom is -0.285 e. The zero-order valence-electron chi connectivity index (χ0n) is 19.6. The van der Waals surface area contributed by atoms with Crippen molar-refractivity contribution < 1.29 is 9.59 Å². The number of ketones is 2. The van der Waals surface area contributed by atoms with Crippen LogP contribution in [0.5, 0.6) is 0 Å². The second-order valence-electron chi connectivity index (χ2n) is 7.73. The van der Waals surface area contributed by atoms with Gasteiger partial charge < -0.3 is 0 Å². The Balaban J connectivity index is 0.000000198. The fourth-order valence-corrected chi connectivity index (χ4v) is 5.92. The molecule has 4 heteroatoms. The van der Waals surface area contributed by atoms with Crippen molar-refractivity contribution in [2.75, 3.05) is 0 Å². The molecule has 0 heterocycles. The Morgan fingerprint density at radius 1 is 0.361 bits per heavy atom. The van der Waals surface area contributed by atoms with E-state index in [0.29, 0.717) is 11.1 Å². The van der Waals surface area contributed by atoms with Crippen LogP contribution in [-0.2, 0) is 0 Å². The number of carbonyl (C=O) groups excluding carboxylic acids is 2. The molecule has 0 atom stereocenters. The van der Waals surface area contributed by atoms with Crippen LogP contribution in [0.4, 0.5) is 0 Å². The smallest absolute Gasteiger partial charge is 0.233 e. The molecule has 36 heavy (non-hydrogen) atoms. The Hall–Kier alpha value is -3.84. The molecule has 0 fully saturated rings. The molecule has 178 valence electrons. The van der Waals surface area contributed by atoms with Crippen LogP contribution in [0, 0.1) is 0 Å². The summed E-state index contributed by atoms with van der Waals surface area (Å²) in [6, 6.07) is 49.5. The lowest BCUT2D eigenvalue weighted by Crippen LogP contribution is -2.20. The molecule has 0 bridgehead atoms. The highest BCUT2D eigenvalue weighted by Gasteiger charge is 2.17. The first-order valence-electron chi connectivity index (χ1n) is 11.4. The van der Waals surface area contributed by atoms with Crippen molar-refractivity contribution in [3.8, 4) is 0 Å². The lowest BCUT2D eigenvalue weighted by atomic mass is 10.0. The third-order valence-electron chi connectivity index (χ3n) is 5.32. The van der Waals surface area contributed by atoms with Crippen molar-refractivity contribution in [2.45, 2.75) is 0 Å². The van der Waals surface area contributed by atoms with Crippen molar-refractivity contribution in [1.82, 2.24) is 0 Å². The van der Waals surface area contributed by atoms with Gasteiger partial charge in [0.05, 0.1) is 0 Å². The molecule has 0 unspecified atom stereocenters. The zero-order chi connectivity index (χ0) is 24.3. The van der Waals surface area contributed by atoms with Crippen molar-refractivity contribution >= 4 is 47.8 Å². The Morgan fingerprint density at radius 3 is 0.833 bits per heavy atom. The van der Waals surface area contributed by atoms with Gasteiger partial charge in [-0.25, -0.2) is 0 Å². The molecule has 0 aliphatic heterocycles. The molecule has 2 nitrogen and oxygen atoms in total. The molecular formula is C32H26ClO2P. The van der Waals surface area contributed by atoms with Gasteiger partial charge in [0.1, 0.15) is 0 Å². The summed E-state index contributed by atoms with van der Waals surface area (Å²) in [5, 5.41) is 4.19. The number of hydrogen-bond donors (Lipinski definition) is 0. The predicted octanol–water partition coefficient (Wildman–Crippen LogP) is 6.62. The molecular weight excluding hydrogens is 483 g/mol. The molecule has 0 aliphatic carbocycles. The van der Waals surface area contributed by atoms with Crippen LogP contribution in [0.1, 0.15) is 20.7 Å². The maximum atomic E-state index is 11.8. The number of carbonyl (C=O) groups is 2. The lowest BCUT2D eigenvalue weighted by Gasteiger charge is -2.18. The molecule has 0 saturated heterocycles. The Kier molecular flexibility index (Phi) is 10.3. The summed E-state index contributed by atoms with van der Waals surface area (Å²) in [6.45, 7) is 0. The van der Waals surface area contributed by atoms with Gasteiger partial charge in [0, 0.05) is 11.1 Å². The molecule has 0 spiro atoms. The number of Topliss-reactive ketones (excluding diaryl/α,β-unsaturated/α-hetero) is 2. The third-order valence-corrected chi connectivity index (χ3v) is 7.76. The number of hydrogen-bond acceptors (Lipinski definition) is 2. The first kappa shape index (κ1) is 26.8. The van der Waals surface area contributed by atoms with Gasteiger partial charge in [-0.15, -0.1) is 12.4 Å². The zero-order valence-corrected chi connectivity index (χ0v) is 21.3. The molecule has 0 aromatic heterocycles. The van der Waals surface area contributed by atoms with Crippen LogP contribution >= 0.6 is 20.3 Å². The molecule has 0 amide bonds. The van der Waals surface area contributed by atoms with Gasteiger partial charge in [0.2, 0.25) is 11.6 Å². The summed E-state index contributed by atoms with van der Waals surface area (Å²) in [7, 11) is -0.446. The fraction of sp³-hybridized carbons (Fsp3) is 0. The van der Waals surface area contributed by atoms with Gasteiger partial charge >= 0.3 is 0 Å². The summed E-state index contributed by atoms with van der Waals surface area (Å²) in [4.78, 5) is 23.6. The van der Waals surface area contributed by atoms with Gasteiger partial charge in [-0.2, -0.15) is 0 Å². The standard InChI is InChI=1S/C18H15P.C14H10O2.ClH/c1-4-10-16(11-5-1)19(17-12-6-2-7-13-17)18-14-8-3-9-15-18;15-13(11-7-3-1-4-8-11)14(16)12-9-5-2-6-10-12;/h1-15H;1-10H;1H. The van der Waals surface area contributed by atoms with Gasteiger partial charge in [0.15, 0.2) is 0 Å². The van der Waals surface area contributed by atoms with E-state index in [1.165, 1.54) is 15.9 Å². The first-order chi connectivity index (χ1) is 17.2. The number of benzene rings is 5. The Morgan fingerprint density at radius 2 is 0.583 bits per heavy atom. The highest BCUT2D eigenvalue weighted by atomic mass is 35.5. The van der Waals surface area contributed by atoms with Gasteiger partial charge in [-0.3, -0.25) is 9.59 Å². The summed E-state index contributed by atoms with van der Waals surface area (Å²) in [6.07, 6.45) is 0. The predicted molar refractivity (Wildman–Crippen MR) is 154 cm³/mol. The number of rotatable bonds is 6. The average Bonchev–Trinajstić information content (AvgIpc) is 2.95. The Bertz CT molecular complexity index is 1200. The van der Waals surface area contributed by atoms with Crippen LogP contribution in [0.3, 0.4) is 0 Å². The van der Waals surface area contributed by atoms with Gasteiger partial charge in [-0.1, -0.05) is 152 Å². The maximum absolute atomic E-state index is 11.8. The molecule has 5 aromatic carbocycles. The largest absolute Gasteiger partial charge is 0.285 e. The second-order valence-corrected chi connectivity index (χ2v) is 9.95. The summed E-state index contributed by atoms with van der Waals surface area (Å²) >= 11 is 0. The van der Waals surface area contributed by atoms with Gasteiger partial charge in [0.25, 0.3) is 0 Å². The van der Waals surface area contributed by atoms with Crippen molar-refractivity contribution in [3.63, 3.8) is 0 Å². The highest BCUT2D eigenvalue weighted by molar-refractivity contribution is 7.79. The molecule has 0 saturated carbocycles. The van der Waals surface area contributed by atoms with Crippen molar-refractivity contribution in [2.24, 2.45) is 0 Å². The van der Waals surface area contributed by atoms with Crippen molar-refractivity contribution in [3.05, 3.63) is 163 Å². The third kappa shape index (κ3) is 7.09. The van der Waals surface area contributed by atoms with Crippen molar-refractivity contribution in [1.29, 1.82) is 0 Å². The van der Waals surface area contributed by atoms with E-state index in [0.717, 1.165) is 0 Å². The van der Waals surface area contributed by atoms with Gasteiger partial charge in [-0.05, 0) is 23.8 Å². The summed E-state index contributed by atoms with van der Waals surface area (Å²) < 4.78 is 0. The quantitative estimate of drug-likeness (QED) is 0.147. The molecule has 5 aromatic rings. The Labute approximate surface area is 219 Å². The van der Waals surface area contributed by atoms with E-state index in [1.54, 1.807) is 48.5 Å². The molecule has 0 aliphatic rings. The summed E-state index contributed by atoms with van der Waals surface area (Å²) in [5.74, 6) is -0.932. The lowest BCUT2D eigenvalue weighted by molar-refractivity contribution is 0.0817. The minimum absolute atomic E-state index is 0. The fourth-order valence-electron chi connectivity index (χ4n) is 3.62. The second kappa shape index (κ2) is 13.9. The van der Waals surface area contributed by atoms with E-state index in [4.69, 9.17) is 0 Å².